The molecule has 0 N–H and O–H groups in total. The summed E-state index contributed by atoms with van der Waals surface area (Å²) in [4.78, 5) is 24.3. The van der Waals surface area contributed by atoms with Gasteiger partial charge in [-0.25, -0.2) is 0 Å². The van der Waals surface area contributed by atoms with Crippen LogP contribution in [0.15, 0.2) is 36.4 Å². The summed E-state index contributed by atoms with van der Waals surface area (Å²) in [5.41, 5.74) is 1.88. The van der Waals surface area contributed by atoms with E-state index in [4.69, 9.17) is 9.47 Å². The van der Waals surface area contributed by atoms with Gasteiger partial charge in [-0.3, -0.25) is 9.59 Å². The van der Waals surface area contributed by atoms with E-state index in [2.05, 4.69) is 12.2 Å². The normalized spacial score (nSPS) is 12.7. The van der Waals surface area contributed by atoms with E-state index >= 15 is 0 Å². The fourth-order valence-electron chi connectivity index (χ4n) is 3.28. The van der Waals surface area contributed by atoms with Crippen LogP contribution in [0.2, 0.25) is 0 Å². The molecule has 0 radical (unpaired) electrons. The maximum absolute atomic E-state index is 12.2. The lowest BCUT2D eigenvalue weighted by Gasteiger charge is -2.22. The van der Waals surface area contributed by atoms with Crippen LogP contribution < -0.4 is 9.47 Å². The number of carbonyl (C=O) groups is 2. The molecule has 4 nitrogen and oxygen atoms in total. The van der Waals surface area contributed by atoms with Crippen LogP contribution in [0.4, 0.5) is 0 Å². The SMILES string of the molecule is CCCC(=O)Oc1c2c(c(OC(=O)CCC)c3ccccc13)CC=CC2. The van der Waals surface area contributed by atoms with Gasteiger partial charge >= 0.3 is 11.9 Å². The standard InChI is InChI=1S/C22H24O4/c1-3-9-19(23)25-21-15-11-5-7-13-17(15)22(26-20(24)10-4-2)18-14-8-6-12-16(18)21/h5-8,11,13H,3-4,9-10,12,14H2,1-2H3. The summed E-state index contributed by atoms with van der Waals surface area (Å²) < 4.78 is 11.5. The summed E-state index contributed by atoms with van der Waals surface area (Å²) in [6.07, 6.45) is 7.69. The van der Waals surface area contributed by atoms with Crippen LogP contribution in [0.3, 0.4) is 0 Å². The van der Waals surface area contributed by atoms with Crippen LogP contribution in [0.5, 0.6) is 11.5 Å². The molecule has 0 amide bonds. The molecule has 0 atom stereocenters. The number of allylic oxidation sites excluding steroid dienone is 2. The van der Waals surface area contributed by atoms with Crippen LogP contribution in [0.1, 0.15) is 50.7 Å². The van der Waals surface area contributed by atoms with Gasteiger partial charge in [0.2, 0.25) is 0 Å². The third-order valence-corrected chi connectivity index (χ3v) is 4.48. The Morgan fingerprint density at radius 3 is 1.62 bits per heavy atom. The van der Waals surface area contributed by atoms with E-state index in [-0.39, 0.29) is 11.9 Å². The number of carbonyl (C=O) groups excluding carboxylic acids is 2. The third kappa shape index (κ3) is 3.64. The van der Waals surface area contributed by atoms with E-state index in [0.717, 1.165) is 34.7 Å². The molecule has 0 aliphatic heterocycles. The van der Waals surface area contributed by atoms with Gasteiger partial charge in [0.1, 0.15) is 11.5 Å². The first-order valence-electron chi connectivity index (χ1n) is 9.28. The number of hydrogen-bond acceptors (Lipinski definition) is 4. The fourth-order valence-corrected chi connectivity index (χ4v) is 3.28. The molecular formula is C22H24O4. The second-order valence-electron chi connectivity index (χ2n) is 6.49. The topological polar surface area (TPSA) is 52.6 Å². The van der Waals surface area contributed by atoms with Crippen molar-refractivity contribution in [3.8, 4) is 11.5 Å². The summed E-state index contributed by atoms with van der Waals surface area (Å²) in [6.45, 7) is 3.90. The minimum Gasteiger partial charge on any atom is -0.426 e. The van der Waals surface area contributed by atoms with E-state index in [1.165, 1.54) is 0 Å². The highest BCUT2D eigenvalue weighted by Crippen LogP contribution is 2.43. The molecule has 1 aliphatic carbocycles. The third-order valence-electron chi connectivity index (χ3n) is 4.48. The zero-order valence-electron chi connectivity index (χ0n) is 15.3. The number of hydrogen-bond donors (Lipinski definition) is 0. The number of esters is 2. The Bertz CT molecular complexity index is 794. The second kappa shape index (κ2) is 8.17. The highest BCUT2D eigenvalue weighted by molar-refractivity contribution is 5.99. The summed E-state index contributed by atoms with van der Waals surface area (Å²) >= 11 is 0. The summed E-state index contributed by atoms with van der Waals surface area (Å²) in [5, 5.41) is 1.62. The zero-order valence-corrected chi connectivity index (χ0v) is 15.3. The molecule has 26 heavy (non-hydrogen) atoms. The maximum Gasteiger partial charge on any atom is 0.311 e. The van der Waals surface area contributed by atoms with Crippen molar-refractivity contribution >= 4 is 22.7 Å². The van der Waals surface area contributed by atoms with Crippen molar-refractivity contribution in [2.24, 2.45) is 0 Å². The predicted molar refractivity (Wildman–Crippen MR) is 102 cm³/mol. The molecular weight excluding hydrogens is 328 g/mol. The molecule has 0 fully saturated rings. The molecule has 136 valence electrons. The molecule has 2 aromatic carbocycles. The molecule has 0 heterocycles. The highest BCUT2D eigenvalue weighted by Gasteiger charge is 2.24. The first-order valence-corrected chi connectivity index (χ1v) is 9.28. The lowest BCUT2D eigenvalue weighted by atomic mass is 9.90. The van der Waals surface area contributed by atoms with Gasteiger partial charge in [-0.2, -0.15) is 0 Å². The van der Waals surface area contributed by atoms with Gasteiger partial charge in [-0.1, -0.05) is 50.3 Å². The number of benzene rings is 2. The Labute approximate surface area is 153 Å². The van der Waals surface area contributed by atoms with E-state index in [9.17, 15) is 9.59 Å². The van der Waals surface area contributed by atoms with Crippen LogP contribution in [-0.2, 0) is 22.4 Å². The Balaban J connectivity index is 2.17. The van der Waals surface area contributed by atoms with Crippen molar-refractivity contribution in [2.75, 3.05) is 0 Å². The fraction of sp³-hybridized carbons (Fsp3) is 0.364. The van der Waals surface area contributed by atoms with Crippen LogP contribution in [0.25, 0.3) is 10.8 Å². The lowest BCUT2D eigenvalue weighted by molar-refractivity contribution is -0.135. The molecule has 3 rings (SSSR count). The van der Waals surface area contributed by atoms with E-state index < -0.39 is 0 Å². The van der Waals surface area contributed by atoms with Gasteiger partial charge in [0.05, 0.1) is 0 Å². The van der Waals surface area contributed by atoms with Crippen molar-refractivity contribution in [3.05, 3.63) is 47.5 Å². The minimum absolute atomic E-state index is 0.231. The van der Waals surface area contributed by atoms with Crippen molar-refractivity contribution in [2.45, 2.75) is 52.4 Å². The molecule has 0 saturated heterocycles. The molecule has 0 saturated carbocycles. The summed E-state index contributed by atoms with van der Waals surface area (Å²) in [7, 11) is 0. The molecule has 0 spiro atoms. The minimum atomic E-state index is -0.231. The Morgan fingerprint density at radius 2 is 1.23 bits per heavy atom. The molecule has 4 heteroatoms. The molecule has 0 bridgehead atoms. The number of rotatable bonds is 6. The average Bonchev–Trinajstić information content (AvgIpc) is 2.65. The largest absolute Gasteiger partial charge is 0.426 e. The Kier molecular flexibility index (Phi) is 5.71. The van der Waals surface area contributed by atoms with Gasteiger partial charge in [0.25, 0.3) is 0 Å². The summed E-state index contributed by atoms with van der Waals surface area (Å²) in [6, 6.07) is 7.64. The zero-order chi connectivity index (χ0) is 18.5. The Morgan fingerprint density at radius 1 is 0.808 bits per heavy atom. The second-order valence-corrected chi connectivity index (χ2v) is 6.49. The molecule has 0 unspecified atom stereocenters. The smallest absolute Gasteiger partial charge is 0.311 e. The molecule has 0 aromatic heterocycles. The highest BCUT2D eigenvalue weighted by atomic mass is 16.5. The summed E-state index contributed by atoms with van der Waals surface area (Å²) in [5.74, 6) is 0.748. The van der Waals surface area contributed by atoms with Gasteiger partial charge in [-0.05, 0) is 25.7 Å². The quantitative estimate of drug-likeness (QED) is 0.421. The van der Waals surface area contributed by atoms with E-state index in [1.54, 1.807) is 0 Å². The van der Waals surface area contributed by atoms with Gasteiger partial charge < -0.3 is 9.47 Å². The monoisotopic (exact) mass is 352 g/mol. The van der Waals surface area contributed by atoms with Crippen molar-refractivity contribution < 1.29 is 19.1 Å². The van der Waals surface area contributed by atoms with Gasteiger partial charge in [0, 0.05) is 34.7 Å². The van der Waals surface area contributed by atoms with Gasteiger partial charge in [-0.15, -0.1) is 0 Å². The van der Waals surface area contributed by atoms with Crippen LogP contribution >= 0.6 is 0 Å². The number of ether oxygens (including phenoxy) is 2. The maximum atomic E-state index is 12.2. The first kappa shape index (κ1) is 18.2. The molecule has 2 aromatic rings. The van der Waals surface area contributed by atoms with Gasteiger partial charge in [0.15, 0.2) is 0 Å². The average molecular weight is 352 g/mol. The van der Waals surface area contributed by atoms with E-state index in [0.29, 0.717) is 37.2 Å². The van der Waals surface area contributed by atoms with Crippen LogP contribution in [-0.4, -0.2) is 11.9 Å². The van der Waals surface area contributed by atoms with Crippen molar-refractivity contribution in [1.82, 2.24) is 0 Å². The number of fused-ring (bicyclic) bond motifs is 2. The predicted octanol–water partition coefficient (Wildman–Crippen LogP) is 4.91. The molecule has 1 aliphatic rings. The van der Waals surface area contributed by atoms with Crippen LogP contribution in [0, 0.1) is 0 Å². The van der Waals surface area contributed by atoms with Crippen molar-refractivity contribution in [3.63, 3.8) is 0 Å². The first-order chi connectivity index (χ1) is 12.7. The van der Waals surface area contributed by atoms with E-state index in [1.807, 2.05) is 38.1 Å². The van der Waals surface area contributed by atoms with Crippen molar-refractivity contribution in [1.29, 1.82) is 0 Å². The lowest BCUT2D eigenvalue weighted by Crippen LogP contribution is -2.14. The Hall–Kier alpha value is -2.62.